The lowest BCUT2D eigenvalue weighted by molar-refractivity contribution is 0.0971. The number of rotatable bonds is 8. The quantitative estimate of drug-likeness (QED) is 0.218. The smallest absolute Gasteiger partial charge is 0.295 e. The van der Waals surface area contributed by atoms with Gasteiger partial charge in [-0.15, -0.1) is 0 Å². The number of hydrogen-bond donors (Lipinski definition) is 0. The van der Waals surface area contributed by atoms with Gasteiger partial charge in [-0.1, -0.05) is 47.5 Å². The lowest BCUT2D eigenvalue weighted by Gasteiger charge is -2.26. The summed E-state index contributed by atoms with van der Waals surface area (Å²) in [4.78, 5) is 29.4. The van der Waals surface area contributed by atoms with Crippen LogP contribution < -0.4 is 19.8 Å². The fourth-order valence-electron chi connectivity index (χ4n) is 4.76. The molecule has 1 atom stereocenters. The first-order valence-electron chi connectivity index (χ1n) is 12.8. The van der Waals surface area contributed by atoms with Crippen LogP contribution in [0.4, 0.5) is 5.69 Å². The van der Waals surface area contributed by atoms with Gasteiger partial charge < -0.3 is 13.9 Å². The highest BCUT2D eigenvalue weighted by molar-refractivity contribution is 9.10. The van der Waals surface area contributed by atoms with Gasteiger partial charge in [0.2, 0.25) is 5.76 Å². The van der Waals surface area contributed by atoms with Crippen molar-refractivity contribution in [1.82, 2.24) is 0 Å². The zero-order valence-electron chi connectivity index (χ0n) is 21.9. The number of halogens is 1. The Balaban J connectivity index is 1.69. The van der Waals surface area contributed by atoms with Crippen LogP contribution in [0, 0.1) is 12.8 Å². The normalized spacial score (nSPS) is 14.8. The van der Waals surface area contributed by atoms with Crippen LogP contribution in [-0.4, -0.2) is 19.1 Å². The second kappa shape index (κ2) is 10.7. The van der Waals surface area contributed by atoms with Crippen molar-refractivity contribution in [3.63, 3.8) is 0 Å². The molecule has 0 fully saturated rings. The highest BCUT2D eigenvalue weighted by Crippen LogP contribution is 2.43. The van der Waals surface area contributed by atoms with Crippen LogP contribution in [0.5, 0.6) is 11.5 Å². The molecule has 6 nitrogen and oxygen atoms in total. The first kappa shape index (κ1) is 26.0. The van der Waals surface area contributed by atoms with Crippen LogP contribution in [0.15, 0.2) is 74.3 Å². The maximum absolute atomic E-state index is 13.9. The van der Waals surface area contributed by atoms with E-state index in [1.54, 1.807) is 11.0 Å². The summed E-state index contributed by atoms with van der Waals surface area (Å²) in [6, 6.07) is 17.8. The van der Waals surface area contributed by atoms with Crippen LogP contribution >= 0.6 is 15.9 Å². The molecule has 5 rings (SSSR count). The summed E-state index contributed by atoms with van der Waals surface area (Å²) in [7, 11) is 0. The number of ether oxygens (including phenoxy) is 2. The number of fused-ring (bicyclic) bond motifs is 2. The largest absolute Gasteiger partial charge is 0.490 e. The number of carbonyl (C=O) groups excluding carboxylic acids is 1. The standard InChI is InChI=1S/C31H30BrNO5/c1-5-36-26-17-20(7-13-25(26)37-15-14-18(2)3)28-27-29(34)23-16-19(4)6-12-24(23)38-30(27)31(35)33(28)22-10-8-21(32)9-11-22/h6-13,16-18,28H,5,14-15H2,1-4H3. The molecule has 1 aromatic heterocycles. The van der Waals surface area contributed by atoms with E-state index >= 15 is 0 Å². The molecule has 4 aromatic rings. The minimum Gasteiger partial charge on any atom is -0.490 e. The number of carbonyl (C=O) groups is 1. The first-order valence-corrected chi connectivity index (χ1v) is 13.6. The Morgan fingerprint density at radius 1 is 0.974 bits per heavy atom. The molecular weight excluding hydrogens is 546 g/mol. The number of amides is 1. The predicted octanol–water partition coefficient (Wildman–Crippen LogP) is 7.44. The Bertz CT molecular complexity index is 1560. The van der Waals surface area contributed by atoms with Gasteiger partial charge in [0.1, 0.15) is 5.58 Å². The SMILES string of the molecule is CCOc1cc(C2c3c(oc4ccc(C)cc4c3=O)C(=O)N2c2ccc(Br)cc2)ccc1OCCC(C)C. The van der Waals surface area contributed by atoms with Gasteiger partial charge in [-0.25, -0.2) is 0 Å². The van der Waals surface area contributed by atoms with Crippen molar-refractivity contribution in [2.45, 2.75) is 40.2 Å². The van der Waals surface area contributed by atoms with Crippen LogP contribution in [-0.2, 0) is 0 Å². The van der Waals surface area contributed by atoms with Gasteiger partial charge in [0.25, 0.3) is 5.91 Å². The molecule has 1 aliphatic heterocycles. The molecule has 0 N–H and O–H groups in total. The lowest BCUT2D eigenvalue weighted by atomic mass is 9.97. The molecule has 38 heavy (non-hydrogen) atoms. The Kier molecular flexibility index (Phi) is 7.30. The minimum absolute atomic E-state index is 0.0643. The summed E-state index contributed by atoms with van der Waals surface area (Å²) in [6.07, 6.45) is 0.919. The maximum Gasteiger partial charge on any atom is 0.295 e. The molecule has 0 bridgehead atoms. The second-order valence-corrected chi connectivity index (χ2v) is 10.8. The van der Waals surface area contributed by atoms with E-state index in [9.17, 15) is 9.59 Å². The van der Waals surface area contributed by atoms with E-state index in [1.165, 1.54) is 0 Å². The fourth-order valence-corrected chi connectivity index (χ4v) is 5.02. The highest BCUT2D eigenvalue weighted by Gasteiger charge is 2.44. The average molecular weight is 576 g/mol. The van der Waals surface area contributed by atoms with Gasteiger partial charge in [0.15, 0.2) is 16.9 Å². The average Bonchev–Trinajstić information content (AvgIpc) is 3.18. The van der Waals surface area contributed by atoms with Gasteiger partial charge in [-0.05, 0) is 80.3 Å². The summed E-state index contributed by atoms with van der Waals surface area (Å²) in [5, 5.41) is 0.456. The molecule has 2 heterocycles. The third-order valence-corrected chi connectivity index (χ3v) is 7.20. The van der Waals surface area contributed by atoms with E-state index in [1.807, 2.05) is 68.4 Å². The van der Waals surface area contributed by atoms with Crippen LogP contribution in [0.2, 0.25) is 0 Å². The van der Waals surface area contributed by atoms with Crippen LogP contribution in [0.25, 0.3) is 11.0 Å². The van der Waals surface area contributed by atoms with Crippen LogP contribution in [0.1, 0.15) is 60.5 Å². The number of anilines is 1. The van der Waals surface area contributed by atoms with Crippen molar-refractivity contribution < 1.29 is 18.7 Å². The highest BCUT2D eigenvalue weighted by atomic mass is 79.9. The second-order valence-electron chi connectivity index (χ2n) is 9.90. The monoisotopic (exact) mass is 575 g/mol. The predicted molar refractivity (Wildman–Crippen MR) is 153 cm³/mol. The maximum atomic E-state index is 13.9. The molecule has 7 heteroatoms. The molecule has 1 unspecified atom stereocenters. The molecule has 0 saturated carbocycles. The first-order chi connectivity index (χ1) is 18.3. The summed E-state index contributed by atoms with van der Waals surface area (Å²) in [5.41, 5.74) is 2.85. The lowest BCUT2D eigenvalue weighted by Crippen LogP contribution is -2.29. The van der Waals surface area contributed by atoms with E-state index in [0.29, 0.717) is 52.9 Å². The molecular formula is C31H30BrNO5. The van der Waals surface area contributed by atoms with Crippen LogP contribution in [0.3, 0.4) is 0 Å². The van der Waals surface area contributed by atoms with Crippen molar-refractivity contribution in [3.8, 4) is 11.5 Å². The fraction of sp³-hybridized carbons (Fsp3) is 0.290. The van der Waals surface area contributed by atoms with Crippen molar-refractivity contribution in [2.24, 2.45) is 5.92 Å². The molecule has 1 amide bonds. The minimum atomic E-state index is -0.691. The summed E-state index contributed by atoms with van der Waals surface area (Å²) >= 11 is 3.47. The molecule has 0 aliphatic carbocycles. The number of benzene rings is 3. The van der Waals surface area contributed by atoms with Crippen molar-refractivity contribution in [2.75, 3.05) is 18.1 Å². The molecule has 0 radical (unpaired) electrons. The number of hydrogen-bond acceptors (Lipinski definition) is 5. The summed E-state index contributed by atoms with van der Waals surface area (Å²) in [6.45, 7) is 9.16. The van der Waals surface area contributed by atoms with Gasteiger partial charge in [-0.3, -0.25) is 14.5 Å². The van der Waals surface area contributed by atoms with Crippen molar-refractivity contribution in [1.29, 1.82) is 0 Å². The zero-order valence-corrected chi connectivity index (χ0v) is 23.5. The zero-order chi connectivity index (χ0) is 27.0. The third kappa shape index (κ3) is 4.83. The Labute approximate surface area is 230 Å². The summed E-state index contributed by atoms with van der Waals surface area (Å²) < 4.78 is 19.0. The van der Waals surface area contributed by atoms with E-state index in [2.05, 4.69) is 29.8 Å². The Hall–Kier alpha value is -3.58. The number of aryl methyl sites for hydroxylation is 1. The van der Waals surface area contributed by atoms with E-state index in [4.69, 9.17) is 13.9 Å². The van der Waals surface area contributed by atoms with Gasteiger partial charge in [0, 0.05) is 10.2 Å². The Morgan fingerprint density at radius 2 is 1.74 bits per heavy atom. The topological polar surface area (TPSA) is 69.0 Å². The molecule has 0 saturated heterocycles. The van der Waals surface area contributed by atoms with Crippen molar-refractivity contribution in [3.05, 3.63) is 97.8 Å². The third-order valence-electron chi connectivity index (χ3n) is 6.67. The van der Waals surface area contributed by atoms with E-state index < -0.39 is 6.04 Å². The molecule has 196 valence electrons. The summed E-state index contributed by atoms with van der Waals surface area (Å²) in [5.74, 6) is 1.43. The van der Waals surface area contributed by atoms with Gasteiger partial charge in [-0.2, -0.15) is 0 Å². The van der Waals surface area contributed by atoms with E-state index in [0.717, 1.165) is 22.0 Å². The van der Waals surface area contributed by atoms with Gasteiger partial charge in [0.05, 0.1) is 30.2 Å². The van der Waals surface area contributed by atoms with E-state index in [-0.39, 0.29) is 17.1 Å². The Morgan fingerprint density at radius 3 is 2.45 bits per heavy atom. The molecule has 3 aromatic carbocycles. The molecule has 1 aliphatic rings. The van der Waals surface area contributed by atoms with Crippen molar-refractivity contribution >= 4 is 38.5 Å². The molecule has 0 spiro atoms. The van der Waals surface area contributed by atoms with Gasteiger partial charge >= 0.3 is 0 Å². The number of nitrogens with zero attached hydrogens (tertiary/aromatic N) is 1.